The monoisotopic (exact) mass is 312 g/mol. The highest BCUT2D eigenvalue weighted by molar-refractivity contribution is 6.31. The molecular formula is C14H17ClN2O4. The van der Waals surface area contributed by atoms with Crippen molar-refractivity contribution < 1.29 is 14.4 Å². The van der Waals surface area contributed by atoms with Crippen LogP contribution in [0.1, 0.15) is 18.4 Å². The summed E-state index contributed by atoms with van der Waals surface area (Å²) in [6.45, 7) is 3.41. The van der Waals surface area contributed by atoms with E-state index in [9.17, 15) is 10.1 Å². The van der Waals surface area contributed by atoms with E-state index in [1.807, 2.05) is 0 Å². The highest BCUT2D eigenvalue weighted by atomic mass is 35.5. The number of nitro groups is 1. The van der Waals surface area contributed by atoms with Gasteiger partial charge >= 0.3 is 0 Å². The Balaban J connectivity index is 1.74. The molecule has 0 atom stereocenters. The van der Waals surface area contributed by atoms with Crippen LogP contribution in [0.2, 0.25) is 5.02 Å². The predicted molar refractivity (Wildman–Crippen MR) is 77.3 cm³/mol. The lowest BCUT2D eigenvalue weighted by molar-refractivity contribution is -0.384. The van der Waals surface area contributed by atoms with Gasteiger partial charge in [-0.3, -0.25) is 15.0 Å². The summed E-state index contributed by atoms with van der Waals surface area (Å²) < 4.78 is 11.5. The number of nitro benzene ring substituents is 1. The fourth-order valence-corrected chi connectivity index (χ4v) is 3.15. The molecule has 7 heteroatoms. The number of piperidine rings is 1. The van der Waals surface area contributed by atoms with Crippen LogP contribution in [0, 0.1) is 10.1 Å². The van der Waals surface area contributed by atoms with Crippen molar-refractivity contribution in [3.05, 3.63) is 38.9 Å². The third-order valence-corrected chi connectivity index (χ3v) is 4.31. The van der Waals surface area contributed by atoms with E-state index < -0.39 is 10.7 Å². The molecule has 0 bridgehead atoms. The molecule has 0 aromatic heterocycles. The molecule has 0 aliphatic carbocycles. The molecule has 0 amide bonds. The number of hydrogen-bond acceptors (Lipinski definition) is 5. The van der Waals surface area contributed by atoms with Crippen molar-refractivity contribution in [2.75, 3.05) is 26.3 Å². The van der Waals surface area contributed by atoms with Gasteiger partial charge in [-0.25, -0.2) is 0 Å². The Labute approximate surface area is 127 Å². The zero-order valence-electron chi connectivity index (χ0n) is 11.6. The quantitative estimate of drug-likeness (QED) is 0.634. The second-order valence-corrected chi connectivity index (χ2v) is 5.86. The molecule has 1 aromatic carbocycles. The van der Waals surface area contributed by atoms with Gasteiger partial charge < -0.3 is 9.47 Å². The number of ether oxygens (including phenoxy) is 2. The first-order valence-corrected chi connectivity index (χ1v) is 7.39. The van der Waals surface area contributed by atoms with Gasteiger partial charge in [0.15, 0.2) is 5.79 Å². The first kappa shape index (κ1) is 14.7. The second-order valence-electron chi connectivity index (χ2n) is 5.45. The van der Waals surface area contributed by atoms with Crippen molar-refractivity contribution in [3.8, 4) is 0 Å². The number of benzene rings is 1. The molecule has 2 heterocycles. The van der Waals surface area contributed by atoms with Crippen molar-refractivity contribution in [2.24, 2.45) is 0 Å². The fourth-order valence-electron chi connectivity index (χ4n) is 2.98. The topological polar surface area (TPSA) is 64.8 Å². The van der Waals surface area contributed by atoms with Crippen molar-refractivity contribution in [2.45, 2.75) is 25.2 Å². The lowest BCUT2D eigenvalue weighted by Gasteiger charge is -2.38. The molecule has 2 saturated heterocycles. The van der Waals surface area contributed by atoms with E-state index in [4.69, 9.17) is 21.1 Å². The Kier molecular flexibility index (Phi) is 4.12. The Hall–Kier alpha value is -1.21. The number of hydrogen-bond donors (Lipinski definition) is 0. The minimum Gasteiger partial charge on any atom is -0.346 e. The molecule has 2 fully saturated rings. The van der Waals surface area contributed by atoms with Crippen molar-refractivity contribution >= 4 is 17.3 Å². The fraction of sp³-hybridized carbons (Fsp3) is 0.571. The maximum Gasteiger partial charge on any atom is 0.269 e. The molecule has 0 radical (unpaired) electrons. The summed E-state index contributed by atoms with van der Waals surface area (Å²) in [6.07, 6.45) is 1.87. The summed E-state index contributed by atoms with van der Waals surface area (Å²) >= 11 is 6.16. The van der Waals surface area contributed by atoms with Crippen LogP contribution < -0.4 is 0 Å². The molecule has 6 nitrogen and oxygen atoms in total. The van der Waals surface area contributed by atoms with E-state index in [1.54, 1.807) is 12.1 Å². The van der Waals surface area contributed by atoms with E-state index in [0.29, 0.717) is 31.3 Å². The summed E-state index contributed by atoms with van der Waals surface area (Å²) in [5, 5.41) is 11.4. The van der Waals surface area contributed by atoms with Crippen LogP contribution in [0.4, 0.5) is 5.69 Å². The van der Waals surface area contributed by atoms with Gasteiger partial charge in [-0.05, 0) is 24.6 Å². The molecular weight excluding hydrogens is 296 g/mol. The average Bonchev–Trinajstić information content (AvgIpc) is 2.89. The molecule has 2 aliphatic heterocycles. The van der Waals surface area contributed by atoms with E-state index in [0.717, 1.165) is 24.9 Å². The predicted octanol–water partition coefficient (Wildman–Crippen LogP) is 2.59. The summed E-state index contributed by atoms with van der Waals surface area (Å²) in [4.78, 5) is 12.6. The van der Waals surface area contributed by atoms with E-state index in [-0.39, 0.29) is 5.69 Å². The molecule has 21 heavy (non-hydrogen) atoms. The maximum absolute atomic E-state index is 10.9. The molecule has 0 saturated carbocycles. The average molecular weight is 313 g/mol. The van der Waals surface area contributed by atoms with Gasteiger partial charge in [0.2, 0.25) is 0 Å². The lowest BCUT2D eigenvalue weighted by atomic mass is 10.0. The summed E-state index contributed by atoms with van der Waals surface area (Å²) in [5.74, 6) is -0.495. The van der Waals surface area contributed by atoms with Gasteiger partial charge in [0, 0.05) is 30.1 Å². The summed E-state index contributed by atoms with van der Waals surface area (Å²) in [6, 6.07) is 4.55. The highest BCUT2D eigenvalue weighted by Gasteiger charge is 2.40. The molecule has 114 valence electrons. The summed E-state index contributed by atoms with van der Waals surface area (Å²) in [5.41, 5.74) is 0.829. The minimum atomic E-state index is -0.495. The van der Waals surface area contributed by atoms with E-state index in [1.165, 1.54) is 6.07 Å². The van der Waals surface area contributed by atoms with Gasteiger partial charge in [0.25, 0.3) is 5.69 Å². The van der Waals surface area contributed by atoms with Crippen LogP contribution in [-0.4, -0.2) is 41.9 Å². The number of halogens is 1. The molecule has 1 aromatic rings. The largest absolute Gasteiger partial charge is 0.346 e. The minimum absolute atomic E-state index is 0.0643. The van der Waals surface area contributed by atoms with Crippen LogP contribution in [0.15, 0.2) is 18.2 Å². The van der Waals surface area contributed by atoms with Crippen LogP contribution in [0.3, 0.4) is 0 Å². The number of rotatable bonds is 3. The first-order chi connectivity index (χ1) is 10.1. The van der Waals surface area contributed by atoms with Gasteiger partial charge in [-0.1, -0.05) is 11.6 Å². The van der Waals surface area contributed by atoms with Crippen molar-refractivity contribution in [3.63, 3.8) is 0 Å². The smallest absolute Gasteiger partial charge is 0.269 e. The Morgan fingerprint density at radius 2 is 2.14 bits per heavy atom. The van der Waals surface area contributed by atoms with Crippen molar-refractivity contribution in [1.82, 2.24) is 4.90 Å². The standard InChI is InChI=1S/C14H17ClN2O4/c15-13-3-2-12(17(18)19)8-11(13)9-16-5-1-4-14(10-16)20-6-7-21-14/h2-3,8H,1,4-7,9-10H2. The van der Waals surface area contributed by atoms with E-state index in [2.05, 4.69) is 4.90 Å². The SMILES string of the molecule is O=[N+]([O-])c1ccc(Cl)c(CN2CCCC3(C2)OCCO3)c1. The zero-order chi connectivity index (χ0) is 14.9. The van der Waals surface area contributed by atoms with E-state index >= 15 is 0 Å². The van der Waals surface area contributed by atoms with Crippen molar-refractivity contribution in [1.29, 1.82) is 0 Å². The molecule has 0 N–H and O–H groups in total. The number of nitrogens with zero attached hydrogens (tertiary/aromatic N) is 2. The van der Waals surface area contributed by atoms with Crippen LogP contribution >= 0.6 is 11.6 Å². The third kappa shape index (κ3) is 3.18. The summed E-state index contributed by atoms with van der Waals surface area (Å²) in [7, 11) is 0. The van der Waals surface area contributed by atoms with Gasteiger partial charge in [-0.15, -0.1) is 0 Å². The highest BCUT2D eigenvalue weighted by Crippen LogP contribution is 2.32. The molecule has 0 unspecified atom stereocenters. The Bertz CT molecular complexity index is 546. The van der Waals surface area contributed by atoms with Gasteiger partial charge in [0.05, 0.1) is 24.7 Å². The third-order valence-electron chi connectivity index (χ3n) is 3.94. The zero-order valence-corrected chi connectivity index (χ0v) is 12.3. The number of likely N-dealkylation sites (tertiary alicyclic amines) is 1. The van der Waals surface area contributed by atoms with Crippen LogP contribution in [0.25, 0.3) is 0 Å². The van der Waals surface area contributed by atoms with Gasteiger partial charge in [0.1, 0.15) is 0 Å². The second kappa shape index (κ2) is 5.88. The molecule has 1 spiro atoms. The maximum atomic E-state index is 10.9. The molecule has 3 rings (SSSR count). The Morgan fingerprint density at radius 1 is 1.38 bits per heavy atom. The van der Waals surface area contributed by atoms with Crippen LogP contribution in [-0.2, 0) is 16.0 Å². The Morgan fingerprint density at radius 3 is 2.86 bits per heavy atom. The number of non-ortho nitro benzene ring substituents is 1. The van der Waals surface area contributed by atoms with Crippen LogP contribution in [0.5, 0.6) is 0 Å². The first-order valence-electron chi connectivity index (χ1n) is 7.01. The molecule has 2 aliphatic rings. The van der Waals surface area contributed by atoms with Gasteiger partial charge in [-0.2, -0.15) is 0 Å². The normalized spacial score (nSPS) is 21.8. The lowest BCUT2D eigenvalue weighted by Crippen LogP contribution is -2.48.